The lowest BCUT2D eigenvalue weighted by atomic mass is 10.1. The first-order chi connectivity index (χ1) is 9.54. The second kappa shape index (κ2) is 6.19. The molecule has 0 fully saturated rings. The zero-order valence-corrected chi connectivity index (χ0v) is 11.5. The lowest BCUT2D eigenvalue weighted by Crippen LogP contribution is -2.22. The summed E-state index contributed by atoms with van der Waals surface area (Å²) in [6, 6.07) is 11.9. The number of carbonyl (C=O) groups excluding carboxylic acids is 1. The second-order valence-corrected chi connectivity index (χ2v) is 4.73. The van der Waals surface area contributed by atoms with E-state index in [9.17, 15) is 9.18 Å². The quantitative estimate of drug-likeness (QED) is 0.894. The zero-order chi connectivity index (χ0) is 14.5. The first-order valence-corrected chi connectivity index (χ1v) is 6.41. The van der Waals surface area contributed by atoms with E-state index in [2.05, 4.69) is 10.6 Å². The second-order valence-electron chi connectivity index (χ2n) is 4.73. The van der Waals surface area contributed by atoms with E-state index in [-0.39, 0.29) is 18.3 Å². The summed E-state index contributed by atoms with van der Waals surface area (Å²) in [5, 5.41) is 5.71. The van der Waals surface area contributed by atoms with Crippen LogP contribution in [0.2, 0.25) is 0 Å². The molecule has 0 atom stereocenters. The molecule has 104 valence electrons. The lowest BCUT2D eigenvalue weighted by molar-refractivity contribution is -0.114. The summed E-state index contributed by atoms with van der Waals surface area (Å²) in [4.78, 5) is 11.8. The minimum atomic E-state index is -0.329. The summed E-state index contributed by atoms with van der Waals surface area (Å²) in [6.07, 6.45) is 0. The maximum absolute atomic E-state index is 13.0. The predicted molar refractivity (Wildman–Crippen MR) is 79.4 cm³/mol. The third-order valence-electron chi connectivity index (χ3n) is 2.93. The fraction of sp³-hybridized carbons (Fsp3) is 0.188. The van der Waals surface area contributed by atoms with Crippen molar-refractivity contribution in [3.05, 3.63) is 59.4 Å². The van der Waals surface area contributed by atoms with Crippen LogP contribution in [0.3, 0.4) is 0 Å². The molecule has 0 radical (unpaired) electrons. The number of benzene rings is 2. The molecule has 4 heteroatoms. The molecule has 3 nitrogen and oxygen atoms in total. The van der Waals surface area contributed by atoms with Crippen LogP contribution in [0.15, 0.2) is 42.5 Å². The molecule has 20 heavy (non-hydrogen) atoms. The van der Waals surface area contributed by atoms with Gasteiger partial charge in [0.15, 0.2) is 0 Å². The number of halogens is 1. The van der Waals surface area contributed by atoms with Crippen molar-refractivity contribution in [3.8, 4) is 0 Å². The maximum Gasteiger partial charge on any atom is 0.243 e. The van der Waals surface area contributed by atoms with Crippen LogP contribution in [0.1, 0.15) is 11.1 Å². The molecule has 0 aromatic heterocycles. The van der Waals surface area contributed by atoms with Gasteiger partial charge in [0.25, 0.3) is 0 Å². The van der Waals surface area contributed by atoms with Crippen LogP contribution in [0.4, 0.5) is 15.8 Å². The van der Waals surface area contributed by atoms with Gasteiger partial charge in [-0.15, -0.1) is 0 Å². The van der Waals surface area contributed by atoms with Crippen LogP contribution in [0.25, 0.3) is 0 Å². The standard InChI is InChI=1S/C16H17FN2O/c1-11-6-7-15(12(2)8-11)19-16(20)10-18-14-5-3-4-13(17)9-14/h3-9,18H,10H2,1-2H3,(H,19,20). The highest BCUT2D eigenvalue weighted by atomic mass is 19.1. The van der Waals surface area contributed by atoms with E-state index >= 15 is 0 Å². The van der Waals surface area contributed by atoms with Crippen LogP contribution in [0.5, 0.6) is 0 Å². The third kappa shape index (κ3) is 3.82. The average Bonchev–Trinajstić information content (AvgIpc) is 2.40. The van der Waals surface area contributed by atoms with Gasteiger partial charge >= 0.3 is 0 Å². The van der Waals surface area contributed by atoms with E-state index in [1.165, 1.54) is 12.1 Å². The van der Waals surface area contributed by atoms with Gasteiger partial charge in [-0.05, 0) is 43.7 Å². The molecule has 0 aliphatic heterocycles. The summed E-state index contributed by atoms with van der Waals surface area (Å²) >= 11 is 0. The fourth-order valence-corrected chi connectivity index (χ4v) is 1.93. The van der Waals surface area contributed by atoms with Crippen LogP contribution >= 0.6 is 0 Å². The van der Waals surface area contributed by atoms with Gasteiger partial charge in [-0.25, -0.2) is 4.39 Å². The van der Waals surface area contributed by atoms with Gasteiger partial charge in [-0.1, -0.05) is 23.8 Å². The Morgan fingerprint density at radius 1 is 1.15 bits per heavy atom. The Bertz CT molecular complexity index is 626. The third-order valence-corrected chi connectivity index (χ3v) is 2.93. The van der Waals surface area contributed by atoms with Crippen molar-refractivity contribution in [3.63, 3.8) is 0 Å². The normalized spacial score (nSPS) is 10.2. The minimum absolute atomic E-state index is 0.0940. The van der Waals surface area contributed by atoms with Gasteiger partial charge in [-0.3, -0.25) is 4.79 Å². The molecule has 2 aromatic carbocycles. The molecule has 1 amide bonds. The number of anilines is 2. The summed E-state index contributed by atoms with van der Waals surface area (Å²) in [5.74, 6) is -0.494. The van der Waals surface area contributed by atoms with Gasteiger partial charge in [-0.2, -0.15) is 0 Å². The lowest BCUT2D eigenvalue weighted by Gasteiger charge is -2.10. The van der Waals surface area contributed by atoms with Crippen LogP contribution in [-0.2, 0) is 4.79 Å². The number of aryl methyl sites for hydroxylation is 2. The smallest absolute Gasteiger partial charge is 0.243 e. The van der Waals surface area contributed by atoms with Crippen LogP contribution in [-0.4, -0.2) is 12.5 Å². The van der Waals surface area contributed by atoms with E-state index in [4.69, 9.17) is 0 Å². The van der Waals surface area contributed by atoms with Crippen LogP contribution in [0, 0.1) is 19.7 Å². The highest BCUT2D eigenvalue weighted by molar-refractivity contribution is 5.94. The Morgan fingerprint density at radius 2 is 1.95 bits per heavy atom. The Kier molecular flexibility index (Phi) is 4.35. The Morgan fingerprint density at radius 3 is 2.65 bits per heavy atom. The monoisotopic (exact) mass is 272 g/mol. The summed E-state index contributed by atoms with van der Waals surface area (Å²) in [5.41, 5.74) is 3.55. The first kappa shape index (κ1) is 14.1. The number of carbonyl (C=O) groups is 1. The van der Waals surface area contributed by atoms with Crippen molar-refractivity contribution in [2.24, 2.45) is 0 Å². The number of nitrogens with one attached hydrogen (secondary N) is 2. The van der Waals surface area contributed by atoms with Crippen molar-refractivity contribution in [2.75, 3.05) is 17.2 Å². The first-order valence-electron chi connectivity index (χ1n) is 6.41. The molecule has 0 heterocycles. The van der Waals surface area contributed by atoms with Crippen molar-refractivity contribution < 1.29 is 9.18 Å². The Hall–Kier alpha value is -2.36. The van der Waals surface area contributed by atoms with Gasteiger partial charge in [0.1, 0.15) is 5.82 Å². The van der Waals surface area contributed by atoms with E-state index in [1.807, 2.05) is 32.0 Å². The highest BCUT2D eigenvalue weighted by Crippen LogP contribution is 2.16. The van der Waals surface area contributed by atoms with Gasteiger partial charge < -0.3 is 10.6 Å². The molecule has 0 aliphatic carbocycles. The molecule has 0 spiro atoms. The molecule has 2 N–H and O–H groups in total. The Balaban J connectivity index is 1.92. The zero-order valence-electron chi connectivity index (χ0n) is 11.5. The van der Waals surface area contributed by atoms with Crippen molar-refractivity contribution >= 4 is 17.3 Å². The summed E-state index contributed by atoms with van der Waals surface area (Å²) in [6.45, 7) is 4.05. The van der Waals surface area contributed by atoms with E-state index in [1.54, 1.807) is 12.1 Å². The molecule has 0 saturated carbocycles. The van der Waals surface area contributed by atoms with Gasteiger partial charge in [0, 0.05) is 11.4 Å². The number of rotatable bonds is 4. The van der Waals surface area contributed by atoms with Crippen molar-refractivity contribution in [1.29, 1.82) is 0 Å². The van der Waals surface area contributed by atoms with Crippen LogP contribution < -0.4 is 10.6 Å². The molecule has 2 aromatic rings. The predicted octanol–water partition coefficient (Wildman–Crippen LogP) is 3.49. The topological polar surface area (TPSA) is 41.1 Å². The molecule has 2 rings (SSSR count). The summed E-state index contributed by atoms with van der Waals surface area (Å²) in [7, 11) is 0. The number of hydrogen-bond acceptors (Lipinski definition) is 2. The molecule has 0 saturated heterocycles. The average molecular weight is 272 g/mol. The van der Waals surface area contributed by atoms with E-state index in [0.29, 0.717) is 5.69 Å². The summed E-state index contributed by atoms with van der Waals surface area (Å²) < 4.78 is 13.0. The minimum Gasteiger partial charge on any atom is -0.376 e. The molecule has 0 bridgehead atoms. The largest absolute Gasteiger partial charge is 0.376 e. The molecular formula is C16H17FN2O. The van der Waals surface area contributed by atoms with Crippen molar-refractivity contribution in [1.82, 2.24) is 0 Å². The van der Waals surface area contributed by atoms with E-state index < -0.39 is 0 Å². The fourth-order valence-electron chi connectivity index (χ4n) is 1.93. The molecular weight excluding hydrogens is 255 g/mol. The van der Waals surface area contributed by atoms with Gasteiger partial charge in [0.2, 0.25) is 5.91 Å². The molecule has 0 aliphatic rings. The highest BCUT2D eigenvalue weighted by Gasteiger charge is 2.05. The van der Waals surface area contributed by atoms with E-state index in [0.717, 1.165) is 16.8 Å². The SMILES string of the molecule is Cc1ccc(NC(=O)CNc2cccc(F)c2)c(C)c1. The number of amides is 1. The number of hydrogen-bond donors (Lipinski definition) is 2. The maximum atomic E-state index is 13.0. The van der Waals surface area contributed by atoms with Crippen molar-refractivity contribution in [2.45, 2.75) is 13.8 Å². The Labute approximate surface area is 117 Å². The molecule has 0 unspecified atom stereocenters. The van der Waals surface area contributed by atoms with Gasteiger partial charge in [0.05, 0.1) is 6.54 Å².